The summed E-state index contributed by atoms with van der Waals surface area (Å²) < 4.78 is 0. The normalized spacial score (nSPS) is 19.5. The van der Waals surface area contributed by atoms with Crippen molar-refractivity contribution < 1.29 is 9.59 Å². The first-order chi connectivity index (χ1) is 13.4. The maximum atomic E-state index is 13.0. The minimum absolute atomic E-state index is 0.133. The first-order valence-electron chi connectivity index (χ1n) is 9.42. The van der Waals surface area contributed by atoms with Gasteiger partial charge in [-0.1, -0.05) is 30.3 Å². The Bertz CT molecular complexity index is 853. The Labute approximate surface area is 165 Å². The average molecular weight is 381 g/mol. The number of amides is 2. The van der Waals surface area contributed by atoms with Gasteiger partial charge < -0.3 is 20.9 Å². The molecule has 1 saturated heterocycles. The molecule has 0 bridgehead atoms. The molecule has 7 nitrogen and oxygen atoms in total. The summed E-state index contributed by atoms with van der Waals surface area (Å²) in [6, 6.07) is 11.8. The van der Waals surface area contributed by atoms with Crippen molar-refractivity contribution in [2.45, 2.75) is 31.8 Å². The number of aryl methyl sites for hydroxylation is 1. The van der Waals surface area contributed by atoms with Crippen molar-refractivity contribution in [3.8, 4) is 0 Å². The van der Waals surface area contributed by atoms with Gasteiger partial charge in [0.15, 0.2) is 0 Å². The number of pyridine rings is 1. The first kappa shape index (κ1) is 19.8. The van der Waals surface area contributed by atoms with Crippen LogP contribution in [-0.4, -0.2) is 53.3 Å². The van der Waals surface area contributed by atoms with Crippen LogP contribution >= 0.6 is 0 Å². The van der Waals surface area contributed by atoms with E-state index in [2.05, 4.69) is 15.2 Å². The minimum Gasteiger partial charge on any atom is -0.383 e. The molecule has 28 heavy (non-hydrogen) atoms. The van der Waals surface area contributed by atoms with E-state index in [4.69, 9.17) is 5.73 Å². The van der Waals surface area contributed by atoms with Crippen LogP contribution in [0.5, 0.6) is 0 Å². The quantitative estimate of drug-likeness (QED) is 0.796. The molecule has 148 valence electrons. The predicted octanol–water partition coefficient (Wildman–Crippen LogP) is 2.20. The van der Waals surface area contributed by atoms with E-state index in [0.717, 1.165) is 24.0 Å². The highest BCUT2D eigenvalue weighted by atomic mass is 16.2. The lowest BCUT2D eigenvalue weighted by Crippen LogP contribution is -2.49. The molecule has 2 heterocycles. The summed E-state index contributed by atoms with van der Waals surface area (Å²) in [6.07, 6.45) is 3.08. The molecule has 1 aromatic carbocycles. The number of likely N-dealkylation sites (tertiary alicyclic amines) is 1. The molecule has 0 aliphatic carbocycles. The van der Waals surface area contributed by atoms with Crippen LogP contribution in [0.15, 0.2) is 42.6 Å². The number of hydrogen-bond donors (Lipinski definition) is 2. The molecule has 0 spiro atoms. The molecule has 3 rings (SSSR count). The lowest BCUT2D eigenvalue weighted by atomic mass is 9.91. The summed E-state index contributed by atoms with van der Waals surface area (Å²) >= 11 is 0. The maximum Gasteiger partial charge on any atom is 0.313 e. The molecule has 1 aliphatic heterocycles. The Morgan fingerprint density at radius 3 is 2.61 bits per heavy atom. The molecule has 7 heteroatoms. The number of rotatable bonds is 3. The summed E-state index contributed by atoms with van der Waals surface area (Å²) in [5, 5.41) is 2.65. The number of nitrogens with zero attached hydrogens (tertiary/aromatic N) is 3. The highest BCUT2D eigenvalue weighted by molar-refractivity contribution is 6.39. The van der Waals surface area contributed by atoms with E-state index in [9.17, 15) is 9.59 Å². The molecule has 2 amide bonds. The number of anilines is 2. The number of nitrogen functional groups attached to an aromatic ring is 1. The molecular weight excluding hydrogens is 354 g/mol. The molecule has 3 N–H and O–H groups in total. The average Bonchev–Trinajstić information content (AvgIpc) is 2.70. The maximum absolute atomic E-state index is 13.0. The van der Waals surface area contributed by atoms with Crippen molar-refractivity contribution in [1.82, 2.24) is 14.8 Å². The molecule has 1 aliphatic rings. The van der Waals surface area contributed by atoms with Crippen LogP contribution in [0.1, 0.15) is 30.0 Å². The molecule has 0 unspecified atom stereocenters. The fraction of sp³-hybridized carbons (Fsp3) is 0.381. The van der Waals surface area contributed by atoms with Crippen LogP contribution in [0.25, 0.3) is 0 Å². The number of benzene rings is 1. The van der Waals surface area contributed by atoms with Gasteiger partial charge in [0.05, 0.1) is 17.9 Å². The van der Waals surface area contributed by atoms with Crippen molar-refractivity contribution in [3.63, 3.8) is 0 Å². The van der Waals surface area contributed by atoms with Crippen molar-refractivity contribution in [3.05, 3.63) is 53.7 Å². The predicted molar refractivity (Wildman–Crippen MR) is 110 cm³/mol. The third-order valence-electron chi connectivity index (χ3n) is 5.32. The summed E-state index contributed by atoms with van der Waals surface area (Å²) in [7, 11) is 4.10. The highest BCUT2D eigenvalue weighted by Crippen LogP contribution is 2.32. The standard InChI is InChI=1S/C21H27N5O2/c1-14-11-16(13-23-19(14)22)24-20(27)21(28)26-10-9-17(25(2)3)12-18(26)15-7-5-4-6-8-15/h4-8,11,13,17-18H,9-10,12H2,1-3H3,(H2,22,23)(H,24,27)/t17-,18-/m1/s1. The monoisotopic (exact) mass is 381 g/mol. The number of nitrogens with two attached hydrogens (primary N) is 1. The van der Waals surface area contributed by atoms with Gasteiger partial charge in [-0.3, -0.25) is 9.59 Å². The number of carbonyl (C=O) groups excluding carboxylic acids is 2. The molecule has 1 fully saturated rings. The number of hydrogen-bond acceptors (Lipinski definition) is 5. The largest absolute Gasteiger partial charge is 0.383 e. The van der Waals surface area contributed by atoms with Crippen molar-refractivity contribution in [1.29, 1.82) is 0 Å². The number of carbonyl (C=O) groups is 2. The Morgan fingerprint density at radius 1 is 1.25 bits per heavy atom. The van der Waals surface area contributed by atoms with Gasteiger partial charge in [0.1, 0.15) is 5.82 Å². The molecule has 2 atom stereocenters. The third-order valence-corrected chi connectivity index (χ3v) is 5.32. The fourth-order valence-electron chi connectivity index (χ4n) is 3.62. The van der Waals surface area contributed by atoms with E-state index >= 15 is 0 Å². The van der Waals surface area contributed by atoms with E-state index in [1.165, 1.54) is 6.20 Å². The first-order valence-corrected chi connectivity index (χ1v) is 9.42. The Balaban J connectivity index is 1.79. The second kappa shape index (κ2) is 8.39. The van der Waals surface area contributed by atoms with Crippen molar-refractivity contribution >= 4 is 23.3 Å². The molecule has 0 saturated carbocycles. The number of nitrogens with one attached hydrogen (secondary N) is 1. The van der Waals surface area contributed by atoms with Gasteiger partial charge in [-0.05, 0) is 51.1 Å². The summed E-state index contributed by atoms with van der Waals surface area (Å²) in [5.74, 6) is -0.782. The SMILES string of the molecule is Cc1cc(NC(=O)C(=O)N2CC[C@@H](N(C)C)C[C@@H]2c2ccccc2)cnc1N. The van der Waals surface area contributed by atoms with Crippen LogP contribution in [0.2, 0.25) is 0 Å². The Morgan fingerprint density at radius 2 is 1.96 bits per heavy atom. The molecule has 1 aromatic heterocycles. The fourth-order valence-corrected chi connectivity index (χ4v) is 3.62. The van der Waals surface area contributed by atoms with Gasteiger partial charge >= 0.3 is 11.8 Å². The summed E-state index contributed by atoms with van der Waals surface area (Å²) in [4.78, 5) is 33.5. The smallest absolute Gasteiger partial charge is 0.313 e. The van der Waals surface area contributed by atoms with Gasteiger partial charge in [-0.2, -0.15) is 0 Å². The molecule has 2 aromatic rings. The topological polar surface area (TPSA) is 91.6 Å². The molecular formula is C21H27N5O2. The van der Waals surface area contributed by atoms with Crippen LogP contribution in [0, 0.1) is 6.92 Å². The Hall–Kier alpha value is -2.93. The van der Waals surface area contributed by atoms with Crippen LogP contribution < -0.4 is 11.1 Å². The number of piperidine rings is 1. The van der Waals surface area contributed by atoms with Crippen LogP contribution in [0.4, 0.5) is 11.5 Å². The zero-order chi connectivity index (χ0) is 20.3. The van der Waals surface area contributed by atoms with Crippen molar-refractivity contribution in [2.24, 2.45) is 0 Å². The van der Waals surface area contributed by atoms with Crippen molar-refractivity contribution in [2.75, 3.05) is 31.7 Å². The zero-order valence-electron chi connectivity index (χ0n) is 16.6. The van der Waals surface area contributed by atoms with Gasteiger partial charge in [0, 0.05) is 12.6 Å². The van der Waals surface area contributed by atoms with E-state index in [0.29, 0.717) is 24.1 Å². The number of aromatic nitrogens is 1. The van der Waals surface area contributed by atoms with Gasteiger partial charge in [0.25, 0.3) is 0 Å². The minimum atomic E-state index is -0.657. The van der Waals surface area contributed by atoms with Crippen LogP contribution in [-0.2, 0) is 9.59 Å². The van der Waals surface area contributed by atoms with E-state index in [-0.39, 0.29) is 6.04 Å². The van der Waals surface area contributed by atoms with E-state index < -0.39 is 11.8 Å². The second-order valence-electron chi connectivity index (χ2n) is 7.45. The molecule has 0 radical (unpaired) electrons. The van der Waals surface area contributed by atoms with Gasteiger partial charge in [-0.15, -0.1) is 0 Å². The highest BCUT2D eigenvalue weighted by Gasteiger charge is 2.36. The second-order valence-corrected chi connectivity index (χ2v) is 7.45. The zero-order valence-corrected chi connectivity index (χ0v) is 16.6. The Kier molecular flexibility index (Phi) is 5.94. The van der Waals surface area contributed by atoms with Gasteiger partial charge in [0.2, 0.25) is 0 Å². The third kappa shape index (κ3) is 4.31. The van der Waals surface area contributed by atoms with Gasteiger partial charge in [-0.25, -0.2) is 4.98 Å². The van der Waals surface area contributed by atoms with E-state index in [1.54, 1.807) is 17.9 Å². The van der Waals surface area contributed by atoms with E-state index in [1.807, 2.05) is 44.4 Å². The lowest BCUT2D eigenvalue weighted by Gasteiger charge is -2.41. The summed E-state index contributed by atoms with van der Waals surface area (Å²) in [5.41, 5.74) is 7.97. The van der Waals surface area contributed by atoms with Crippen LogP contribution in [0.3, 0.4) is 0 Å². The lowest BCUT2D eigenvalue weighted by molar-refractivity contribution is -0.146. The summed E-state index contributed by atoms with van der Waals surface area (Å²) in [6.45, 7) is 2.34.